The molecular weight excluding hydrogens is 620 g/mol. The molecule has 0 aromatic heterocycles. The Kier molecular flexibility index (Phi) is 14.5. The number of hydrogen-bond acceptors (Lipinski definition) is 12. The number of amides is 2. The molecule has 14 nitrogen and oxygen atoms in total. The molecule has 2 amide bonds. The molecule has 6 rings (SSSR count). The Labute approximate surface area is 288 Å². The molecule has 48 heavy (non-hydrogen) atoms. The van der Waals surface area contributed by atoms with Crippen LogP contribution in [-0.4, -0.2) is 181 Å². The van der Waals surface area contributed by atoms with E-state index in [1.54, 1.807) is 9.80 Å². The van der Waals surface area contributed by atoms with Crippen LogP contribution in [0.2, 0.25) is 0 Å². The summed E-state index contributed by atoms with van der Waals surface area (Å²) in [5.74, 6) is 1.08. The van der Waals surface area contributed by atoms with Gasteiger partial charge in [0.1, 0.15) is 17.8 Å². The summed E-state index contributed by atoms with van der Waals surface area (Å²) in [6.45, 7) is 17.5. The monoisotopic (exact) mass is 684 g/mol. The number of ketones is 1. The van der Waals surface area contributed by atoms with Crippen LogP contribution in [0.25, 0.3) is 0 Å². The number of fused-ring (bicyclic) bond motifs is 3. The average Bonchev–Trinajstić information content (AvgIpc) is 3.77. The molecule has 2 unspecified atom stereocenters. The van der Waals surface area contributed by atoms with Crippen molar-refractivity contribution in [2.45, 2.75) is 83.1 Å². The van der Waals surface area contributed by atoms with E-state index in [0.717, 1.165) is 38.8 Å². The van der Waals surface area contributed by atoms with Crippen molar-refractivity contribution >= 4 is 18.0 Å². The molecule has 0 aliphatic carbocycles. The van der Waals surface area contributed by atoms with Crippen molar-refractivity contribution < 1.29 is 38.1 Å². The number of nitrogens with one attached hydrogen (secondary N) is 2. The van der Waals surface area contributed by atoms with Gasteiger partial charge >= 0.3 is 12.2 Å². The van der Waals surface area contributed by atoms with Crippen LogP contribution in [0.5, 0.6) is 0 Å². The van der Waals surface area contributed by atoms with Crippen molar-refractivity contribution in [3.05, 3.63) is 0 Å². The number of likely N-dealkylation sites (N-methyl/N-ethyl adjacent to an activating group) is 2. The number of carbonyl (C=O) groups is 3. The maximum absolute atomic E-state index is 12.0. The highest BCUT2D eigenvalue weighted by Gasteiger charge is 2.47. The third kappa shape index (κ3) is 11.2. The van der Waals surface area contributed by atoms with Gasteiger partial charge in [-0.1, -0.05) is 0 Å². The molecule has 0 radical (unpaired) electrons. The Hall–Kier alpha value is -2.07. The molecular formula is C34H64N6O8. The van der Waals surface area contributed by atoms with Gasteiger partial charge in [0.15, 0.2) is 5.78 Å². The van der Waals surface area contributed by atoms with Crippen LogP contribution in [-0.2, 0) is 28.5 Å². The molecule has 2 N–H and O–H groups in total. The first-order valence-corrected chi connectivity index (χ1v) is 17.3. The molecule has 0 saturated carbocycles. The number of ether oxygens (including phenoxy) is 5. The van der Waals surface area contributed by atoms with Crippen LogP contribution < -0.4 is 10.6 Å². The van der Waals surface area contributed by atoms with Crippen LogP contribution in [0.1, 0.15) is 41.5 Å². The van der Waals surface area contributed by atoms with Crippen molar-refractivity contribution in [2.75, 3.05) is 101 Å². The zero-order chi connectivity index (χ0) is 36.0. The van der Waals surface area contributed by atoms with Crippen LogP contribution in [0, 0.1) is 17.8 Å². The van der Waals surface area contributed by atoms with Gasteiger partial charge in [0.05, 0.1) is 50.5 Å². The summed E-state index contributed by atoms with van der Waals surface area (Å²) < 4.78 is 27.4. The minimum atomic E-state index is -0.500. The summed E-state index contributed by atoms with van der Waals surface area (Å²) in [5, 5.41) is 6.11. The van der Waals surface area contributed by atoms with Crippen molar-refractivity contribution in [1.82, 2.24) is 30.2 Å². The molecule has 0 aromatic rings. The van der Waals surface area contributed by atoms with E-state index in [2.05, 4.69) is 48.6 Å². The van der Waals surface area contributed by atoms with Gasteiger partial charge in [0, 0.05) is 50.1 Å². The van der Waals surface area contributed by atoms with Crippen molar-refractivity contribution in [1.29, 1.82) is 0 Å². The van der Waals surface area contributed by atoms with Crippen molar-refractivity contribution in [3.63, 3.8) is 0 Å². The number of carbonyl (C=O) groups excluding carboxylic acids is 3. The highest BCUT2D eigenvalue weighted by molar-refractivity contribution is 5.86. The third-order valence-electron chi connectivity index (χ3n) is 9.21. The highest BCUT2D eigenvalue weighted by Crippen LogP contribution is 2.32. The van der Waals surface area contributed by atoms with E-state index in [9.17, 15) is 14.4 Å². The van der Waals surface area contributed by atoms with E-state index in [0.29, 0.717) is 43.7 Å². The molecule has 278 valence electrons. The smallest absolute Gasteiger partial charge is 0.410 e. The topological polar surface area (TPSA) is 134 Å². The minimum Gasteiger partial charge on any atom is -0.444 e. The Morgan fingerprint density at radius 1 is 0.729 bits per heavy atom. The highest BCUT2D eigenvalue weighted by atomic mass is 16.6. The first-order valence-electron chi connectivity index (χ1n) is 17.3. The SMILES string of the molecule is CC(C)(C)OC(=O)N1C[C@@H]2C(=O)CO[C@@H]2C1.CN(C)C1CO[C@@H]2CN(C(=O)OC(C)(C)C)C[C@H]12.CN(C)C1CO[C@@H]2CNC[C@H]12.CNC. The van der Waals surface area contributed by atoms with Crippen LogP contribution in [0.4, 0.5) is 9.59 Å². The van der Waals surface area contributed by atoms with Gasteiger partial charge in [-0.2, -0.15) is 0 Å². The summed E-state index contributed by atoms with van der Waals surface area (Å²) in [6.07, 6.45) is -0.0522. The van der Waals surface area contributed by atoms with E-state index in [1.165, 1.54) is 0 Å². The summed E-state index contributed by atoms with van der Waals surface area (Å²) in [4.78, 5) is 42.9. The molecule has 6 fully saturated rings. The predicted octanol–water partition coefficient (Wildman–Crippen LogP) is 1.37. The van der Waals surface area contributed by atoms with Gasteiger partial charge in [-0.3, -0.25) is 4.79 Å². The van der Waals surface area contributed by atoms with E-state index in [1.807, 2.05) is 55.6 Å². The molecule has 0 aromatic carbocycles. The lowest BCUT2D eigenvalue weighted by molar-refractivity contribution is -0.120. The van der Waals surface area contributed by atoms with Gasteiger partial charge in [0.25, 0.3) is 0 Å². The Morgan fingerprint density at radius 3 is 1.71 bits per heavy atom. The molecule has 0 bridgehead atoms. The van der Waals surface area contributed by atoms with E-state index >= 15 is 0 Å². The fourth-order valence-corrected chi connectivity index (χ4v) is 6.84. The van der Waals surface area contributed by atoms with Gasteiger partial charge in [-0.25, -0.2) is 9.59 Å². The van der Waals surface area contributed by atoms with E-state index in [4.69, 9.17) is 23.7 Å². The first kappa shape index (κ1) is 40.4. The van der Waals surface area contributed by atoms with Crippen LogP contribution >= 0.6 is 0 Å². The zero-order valence-electron chi connectivity index (χ0n) is 31.5. The minimum absolute atomic E-state index is 0.0936. The summed E-state index contributed by atoms with van der Waals surface area (Å²) in [5.41, 5.74) is -0.934. The maximum atomic E-state index is 12.0. The zero-order valence-corrected chi connectivity index (χ0v) is 31.5. The molecule has 6 aliphatic rings. The Bertz CT molecular complexity index is 1060. The number of hydrogen-bond donors (Lipinski definition) is 2. The second-order valence-electron chi connectivity index (χ2n) is 16.0. The molecule has 0 spiro atoms. The summed E-state index contributed by atoms with van der Waals surface area (Å²) in [6, 6.07) is 1.04. The second-order valence-corrected chi connectivity index (χ2v) is 16.0. The molecule has 6 saturated heterocycles. The molecule has 14 heteroatoms. The third-order valence-corrected chi connectivity index (χ3v) is 9.21. The molecule has 6 heterocycles. The van der Waals surface area contributed by atoms with Crippen molar-refractivity contribution in [2.24, 2.45) is 17.8 Å². The molecule has 8 atom stereocenters. The quantitative estimate of drug-likeness (QED) is 0.435. The van der Waals surface area contributed by atoms with Gasteiger partial charge in [-0.05, 0) is 83.8 Å². The fraction of sp³-hybridized carbons (Fsp3) is 0.912. The summed E-state index contributed by atoms with van der Waals surface area (Å²) in [7, 11) is 12.1. The number of nitrogens with zero attached hydrogens (tertiary/aromatic N) is 4. The largest absolute Gasteiger partial charge is 0.444 e. The van der Waals surface area contributed by atoms with E-state index < -0.39 is 11.2 Å². The predicted molar refractivity (Wildman–Crippen MR) is 183 cm³/mol. The fourth-order valence-electron chi connectivity index (χ4n) is 6.84. The summed E-state index contributed by atoms with van der Waals surface area (Å²) >= 11 is 0. The second kappa shape index (κ2) is 17.2. The van der Waals surface area contributed by atoms with Gasteiger partial charge < -0.3 is 53.9 Å². The first-order chi connectivity index (χ1) is 22.3. The normalized spacial score (nSPS) is 32.1. The standard InChI is InChI=1S/C13H24N2O3.C11H17NO4.C8H16N2O.C2H7N/c1-13(2,3)18-12(16)15-6-9-10(14(4)5)8-17-11(9)7-15;1-11(2,3)16-10(14)12-4-7-8(13)6-15-9(7)5-12;1-10(2)7-5-11-8-4-9-3-6(7)8;1-3-2/h9-11H,6-8H2,1-5H3;7,9H,4-6H2,1-3H3;6-9H,3-5H2,1-2H3;3H,1-2H3/t9-,10?,11-;7-,9-;6-,7?,8-;/m111./s1. The average molecular weight is 685 g/mol. The lowest BCUT2D eigenvalue weighted by Crippen LogP contribution is -2.40. The Balaban J connectivity index is 0.000000192. The Morgan fingerprint density at radius 2 is 1.21 bits per heavy atom. The maximum Gasteiger partial charge on any atom is 0.410 e. The van der Waals surface area contributed by atoms with E-state index in [-0.39, 0.29) is 42.7 Å². The molecule has 6 aliphatic heterocycles. The van der Waals surface area contributed by atoms with Gasteiger partial charge in [-0.15, -0.1) is 0 Å². The van der Waals surface area contributed by atoms with Gasteiger partial charge in [0.2, 0.25) is 0 Å². The van der Waals surface area contributed by atoms with Crippen LogP contribution in [0.15, 0.2) is 0 Å². The number of rotatable bonds is 2. The number of likely N-dealkylation sites (tertiary alicyclic amines) is 2. The number of Topliss-reactive ketones (excluding diaryl/α,β-unsaturated/α-hetero) is 1. The lowest BCUT2D eigenvalue weighted by Gasteiger charge is -2.26. The lowest BCUT2D eigenvalue weighted by atomic mass is 10.00. The van der Waals surface area contributed by atoms with Crippen LogP contribution in [0.3, 0.4) is 0 Å². The van der Waals surface area contributed by atoms with Crippen molar-refractivity contribution in [3.8, 4) is 0 Å².